The van der Waals surface area contributed by atoms with Crippen LogP contribution in [0.25, 0.3) is 0 Å². The second kappa shape index (κ2) is 6.68. The normalized spacial score (nSPS) is 12.6. The lowest BCUT2D eigenvalue weighted by Gasteiger charge is -2.19. The second-order valence-corrected chi connectivity index (χ2v) is 4.97. The minimum Gasteiger partial charge on any atom is -0.338 e. The van der Waals surface area contributed by atoms with Gasteiger partial charge in [-0.15, -0.1) is 0 Å². The minimum absolute atomic E-state index is 0.163. The summed E-state index contributed by atoms with van der Waals surface area (Å²) in [6, 6.07) is 2.13. The van der Waals surface area contributed by atoms with E-state index in [1.54, 1.807) is 12.4 Å². The van der Waals surface area contributed by atoms with Crippen molar-refractivity contribution < 1.29 is 0 Å². The molecule has 0 amide bonds. The van der Waals surface area contributed by atoms with Crippen molar-refractivity contribution in [3.63, 3.8) is 0 Å². The van der Waals surface area contributed by atoms with Crippen molar-refractivity contribution in [3.8, 4) is 0 Å². The Morgan fingerprint density at radius 3 is 2.89 bits per heavy atom. The fourth-order valence-electron chi connectivity index (χ4n) is 2.05. The first-order valence-corrected chi connectivity index (χ1v) is 6.89. The summed E-state index contributed by atoms with van der Waals surface area (Å²) < 4.78 is 2.04. The van der Waals surface area contributed by atoms with Crippen LogP contribution in [-0.4, -0.2) is 21.1 Å². The molecule has 0 saturated heterocycles. The average Bonchev–Trinajstić information content (AvgIpc) is 2.81. The van der Waals surface area contributed by atoms with Crippen LogP contribution in [-0.2, 0) is 13.5 Å². The van der Waals surface area contributed by atoms with Gasteiger partial charge >= 0.3 is 0 Å². The van der Waals surface area contributed by atoms with Crippen LogP contribution in [0.2, 0.25) is 5.02 Å². The van der Waals surface area contributed by atoms with Crippen LogP contribution in [0.5, 0.6) is 0 Å². The number of nitrogens with zero attached hydrogens (tertiary/aromatic N) is 3. The van der Waals surface area contributed by atoms with Gasteiger partial charge in [-0.05, 0) is 24.6 Å². The van der Waals surface area contributed by atoms with Gasteiger partial charge < -0.3 is 9.88 Å². The summed E-state index contributed by atoms with van der Waals surface area (Å²) in [6.45, 7) is 3.10. The first-order valence-electron chi connectivity index (χ1n) is 6.51. The first kappa shape index (κ1) is 14.0. The van der Waals surface area contributed by atoms with E-state index in [0.717, 1.165) is 30.8 Å². The lowest BCUT2D eigenvalue weighted by Crippen LogP contribution is -2.25. The number of pyridine rings is 1. The van der Waals surface area contributed by atoms with Crippen molar-refractivity contribution in [2.75, 3.05) is 6.54 Å². The Morgan fingerprint density at radius 2 is 2.26 bits per heavy atom. The number of imidazole rings is 1. The van der Waals surface area contributed by atoms with Gasteiger partial charge in [0.05, 0.1) is 5.02 Å². The third kappa shape index (κ3) is 3.55. The van der Waals surface area contributed by atoms with Gasteiger partial charge in [0.2, 0.25) is 0 Å². The Kier molecular flexibility index (Phi) is 4.93. The molecule has 5 heteroatoms. The van der Waals surface area contributed by atoms with Crippen LogP contribution in [0.1, 0.15) is 30.8 Å². The molecule has 0 radical (unpaired) electrons. The quantitative estimate of drug-likeness (QED) is 0.883. The molecule has 4 nitrogen and oxygen atoms in total. The van der Waals surface area contributed by atoms with Gasteiger partial charge in [0, 0.05) is 44.3 Å². The molecule has 0 saturated carbocycles. The lowest BCUT2D eigenvalue weighted by atomic mass is 10.0. The van der Waals surface area contributed by atoms with Gasteiger partial charge in [0.25, 0.3) is 0 Å². The van der Waals surface area contributed by atoms with E-state index in [-0.39, 0.29) is 6.04 Å². The van der Waals surface area contributed by atoms with Gasteiger partial charge in [-0.1, -0.05) is 18.5 Å². The molecule has 0 fully saturated rings. The highest BCUT2D eigenvalue weighted by Gasteiger charge is 2.16. The maximum atomic E-state index is 6.25. The third-order valence-corrected chi connectivity index (χ3v) is 3.44. The van der Waals surface area contributed by atoms with E-state index in [4.69, 9.17) is 11.6 Å². The topological polar surface area (TPSA) is 42.7 Å². The molecule has 19 heavy (non-hydrogen) atoms. The highest BCUT2D eigenvalue weighted by molar-refractivity contribution is 6.31. The molecule has 1 atom stereocenters. The third-order valence-electron chi connectivity index (χ3n) is 3.13. The van der Waals surface area contributed by atoms with Crippen molar-refractivity contribution in [1.29, 1.82) is 0 Å². The van der Waals surface area contributed by atoms with E-state index in [9.17, 15) is 0 Å². The Balaban J connectivity index is 2.21. The van der Waals surface area contributed by atoms with Crippen LogP contribution < -0.4 is 5.32 Å². The van der Waals surface area contributed by atoms with Crippen molar-refractivity contribution in [2.45, 2.75) is 25.8 Å². The zero-order valence-electron chi connectivity index (χ0n) is 11.3. The van der Waals surface area contributed by atoms with Crippen LogP contribution in [0.4, 0.5) is 0 Å². The van der Waals surface area contributed by atoms with Crippen molar-refractivity contribution >= 4 is 11.6 Å². The van der Waals surface area contributed by atoms with Crippen LogP contribution in [0.3, 0.4) is 0 Å². The maximum absolute atomic E-state index is 6.25. The molecular formula is C14H19ClN4. The molecule has 2 aromatic heterocycles. The van der Waals surface area contributed by atoms with E-state index in [1.165, 1.54) is 0 Å². The number of halogens is 1. The van der Waals surface area contributed by atoms with Gasteiger partial charge in [-0.2, -0.15) is 0 Å². The summed E-state index contributed by atoms with van der Waals surface area (Å²) in [6.07, 6.45) is 9.14. The monoisotopic (exact) mass is 278 g/mol. The SMILES string of the molecule is CCCNC(Cc1nccn1C)c1ccncc1Cl. The molecule has 0 aliphatic carbocycles. The predicted molar refractivity (Wildman–Crippen MR) is 77.2 cm³/mol. The molecule has 0 spiro atoms. The molecule has 0 aromatic carbocycles. The average molecular weight is 279 g/mol. The largest absolute Gasteiger partial charge is 0.338 e. The van der Waals surface area contributed by atoms with Crippen LogP contribution in [0.15, 0.2) is 30.9 Å². The second-order valence-electron chi connectivity index (χ2n) is 4.56. The van der Waals surface area contributed by atoms with E-state index in [0.29, 0.717) is 5.02 Å². The molecule has 1 unspecified atom stereocenters. The molecule has 0 aliphatic rings. The fourth-order valence-corrected chi connectivity index (χ4v) is 2.31. The first-order chi connectivity index (χ1) is 9.22. The van der Waals surface area contributed by atoms with Gasteiger partial charge in [0.1, 0.15) is 5.82 Å². The molecule has 102 valence electrons. The number of hydrogen-bond donors (Lipinski definition) is 1. The predicted octanol–water partition coefficient (Wildman–Crippen LogP) is 2.75. The van der Waals surface area contributed by atoms with E-state index in [1.807, 2.05) is 30.1 Å². The summed E-state index contributed by atoms with van der Waals surface area (Å²) in [5.74, 6) is 1.04. The van der Waals surface area contributed by atoms with E-state index >= 15 is 0 Å². The Bertz CT molecular complexity index is 524. The highest BCUT2D eigenvalue weighted by Crippen LogP contribution is 2.24. The molecule has 2 rings (SSSR count). The van der Waals surface area contributed by atoms with Crippen molar-refractivity contribution in [1.82, 2.24) is 19.9 Å². The Morgan fingerprint density at radius 1 is 1.42 bits per heavy atom. The zero-order valence-corrected chi connectivity index (χ0v) is 12.1. The molecule has 2 heterocycles. The molecular weight excluding hydrogens is 260 g/mol. The summed E-state index contributed by atoms with van der Waals surface area (Å²) in [4.78, 5) is 8.42. The van der Waals surface area contributed by atoms with Crippen LogP contribution in [0, 0.1) is 0 Å². The van der Waals surface area contributed by atoms with Gasteiger partial charge in [0.15, 0.2) is 0 Å². The summed E-state index contributed by atoms with van der Waals surface area (Å²) in [7, 11) is 2.01. The number of aryl methyl sites for hydroxylation is 1. The molecule has 0 aliphatic heterocycles. The number of aromatic nitrogens is 3. The summed E-state index contributed by atoms with van der Waals surface area (Å²) in [5, 5.41) is 4.23. The number of hydrogen-bond acceptors (Lipinski definition) is 3. The maximum Gasteiger partial charge on any atom is 0.110 e. The Hall–Kier alpha value is -1.39. The number of rotatable bonds is 6. The Labute approximate surface area is 118 Å². The van der Waals surface area contributed by atoms with E-state index in [2.05, 4.69) is 22.2 Å². The molecule has 0 bridgehead atoms. The molecule has 2 aromatic rings. The summed E-state index contributed by atoms with van der Waals surface area (Å²) >= 11 is 6.25. The van der Waals surface area contributed by atoms with Crippen LogP contribution >= 0.6 is 11.6 Å². The summed E-state index contributed by atoms with van der Waals surface area (Å²) in [5.41, 5.74) is 1.08. The fraction of sp³-hybridized carbons (Fsp3) is 0.429. The zero-order chi connectivity index (χ0) is 13.7. The smallest absolute Gasteiger partial charge is 0.110 e. The van der Waals surface area contributed by atoms with Gasteiger partial charge in [-0.3, -0.25) is 4.98 Å². The minimum atomic E-state index is 0.163. The highest BCUT2D eigenvalue weighted by atomic mass is 35.5. The van der Waals surface area contributed by atoms with Crippen molar-refractivity contribution in [3.05, 3.63) is 47.3 Å². The standard InChI is InChI=1S/C14H19ClN4/c1-3-5-17-13(9-14-18-7-8-19(14)2)11-4-6-16-10-12(11)15/h4,6-8,10,13,17H,3,5,9H2,1-2H3. The molecule has 1 N–H and O–H groups in total. The van der Waals surface area contributed by atoms with Crippen molar-refractivity contribution in [2.24, 2.45) is 7.05 Å². The van der Waals surface area contributed by atoms with Gasteiger partial charge in [-0.25, -0.2) is 4.98 Å². The number of nitrogens with one attached hydrogen (secondary N) is 1. The van der Waals surface area contributed by atoms with E-state index < -0.39 is 0 Å². The lowest BCUT2D eigenvalue weighted by molar-refractivity contribution is 0.511.